The molecule has 0 N–H and O–H groups in total. The summed E-state index contributed by atoms with van der Waals surface area (Å²) in [6, 6.07) is 12.8. The van der Waals surface area contributed by atoms with Crippen LogP contribution in [0.25, 0.3) is 11.1 Å². The van der Waals surface area contributed by atoms with Crippen LogP contribution in [-0.2, 0) is 4.79 Å². The molecule has 0 heterocycles. The number of ether oxygens (including phenoxy) is 1. The van der Waals surface area contributed by atoms with Crippen molar-refractivity contribution in [2.45, 2.75) is 88.7 Å². The van der Waals surface area contributed by atoms with Gasteiger partial charge >= 0.3 is 24.0 Å². The number of benzene rings is 2. The van der Waals surface area contributed by atoms with Crippen molar-refractivity contribution in [3.05, 3.63) is 54.1 Å². The number of hydrogen-bond donors (Lipinski definition) is 0. The second-order valence-corrected chi connectivity index (χ2v) is 9.75. The highest BCUT2D eigenvalue weighted by Crippen LogP contribution is 2.47. The summed E-state index contributed by atoms with van der Waals surface area (Å²) < 4.78 is 93.9. The van der Waals surface area contributed by atoms with E-state index >= 15 is 0 Å². The summed E-state index contributed by atoms with van der Waals surface area (Å²) in [5.41, 5.74) is 2.67. The first-order valence-corrected chi connectivity index (χ1v) is 12.6. The van der Waals surface area contributed by atoms with E-state index in [2.05, 4.69) is 11.7 Å². The van der Waals surface area contributed by atoms with Gasteiger partial charge in [-0.1, -0.05) is 75.4 Å². The van der Waals surface area contributed by atoms with Crippen LogP contribution in [0, 0.1) is 5.92 Å². The van der Waals surface area contributed by atoms with E-state index in [1.54, 1.807) is 0 Å². The summed E-state index contributed by atoms with van der Waals surface area (Å²) in [6.07, 6.45) is 4.60. The van der Waals surface area contributed by atoms with Gasteiger partial charge in [-0.05, 0) is 66.3 Å². The van der Waals surface area contributed by atoms with Crippen molar-refractivity contribution >= 4 is 5.97 Å². The Hall–Kier alpha value is -2.58. The van der Waals surface area contributed by atoms with Gasteiger partial charge in [0.25, 0.3) is 0 Å². The van der Waals surface area contributed by atoms with E-state index in [9.17, 15) is 35.5 Å². The number of alkyl halides is 7. The fourth-order valence-corrected chi connectivity index (χ4v) is 4.78. The van der Waals surface area contributed by atoms with Crippen molar-refractivity contribution in [1.82, 2.24) is 0 Å². The molecule has 0 bridgehead atoms. The third-order valence-corrected chi connectivity index (χ3v) is 7.10. The van der Waals surface area contributed by atoms with Crippen molar-refractivity contribution in [2.24, 2.45) is 5.92 Å². The SMILES string of the molecule is CCCCCCC1CCC(c2ccc(-c3ccc(OC(=O)C(F)(F)C(F)(F)C(F)(F)F)cc3)cc2)CC1. The normalized spacial score (nSPS) is 19.0. The van der Waals surface area contributed by atoms with Crippen molar-refractivity contribution < 1.29 is 40.3 Å². The summed E-state index contributed by atoms with van der Waals surface area (Å²) in [5, 5.41) is 0. The van der Waals surface area contributed by atoms with Crippen LogP contribution in [0.1, 0.15) is 76.2 Å². The Labute approximate surface area is 212 Å². The molecule has 0 saturated heterocycles. The molecule has 1 aliphatic carbocycles. The van der Waals surface area contributed by atoms with Gasteiger partial charge in [0.05, 0.1) is 0 Å². The average molecular weight is 533 g/mol. The van der Waals surface area contributed by atoms with Crippen LogP contribution < -0.4 is 4.74 Å². The van der Waals surface area contributed by atoms with Gasteiger partial charge in [-0.25, -0.2) is 4.79 Å². The van der Waals surface area contributed by atoms with Gasteiger partial charge in [-0.2, -0.15) is 30.7 Å². The van der Waals surface area contributed by atoms with E-state index < -0.39 is 29.7 Å². The summed E-state index contributed by atoms with van der Waals surface area (Å²) in [6.45, 7) is 2.21. The Bertz CT molecular complexity index is 1010. The van der Waals surface area contributed by atoms with Crippen LogP contribution in [-0.4, -0.2) is 24.0 Å². The Kier molecular flexibility index (Phi) is 9.29. The summed E-state index contributed by atoms with van der Waals surface area (Å²) >= 11 is 0. The van der Waals surface area contributed by atoms with Gasteiger partial charge in [-0.15, -0.1) is 0 Å². The quantitative estimate of drug-likeness (QED) is 0.132. The third-order valence-electron chi connectivity index (χ3n) is 7.10. The molecule has 9 heteroatoms. The predicted molar refractivity (Wildman–Crippen MR) is 127 cm³/mol. The number of esters is 1. The molecule has 37 heavy (non-hydrogen) atoms. The lowest BCUT2D eigenvalue weighted by atomic mass is 9.77. The van der Waals surface area contributed by atoms with Gasteiger partial charge < -0.3 is 4.74 Å². The van der Waals surface area contributed by atoms with E-state index in [1.165, 1.54) is 62.6 Å². The zero-order chi connectivity index (χ0) is 27.3. The molecule has 204 valence electrons. The van der Waals surface area contributed by atoms with Gasteiger partial charge in [0.2, 0.25) is 0 Å². The van der Waals surface area contributed by atoms with Crippen molar-refractivity contribution in [1.29, 1.82) is 0 Å². The first-order valence-electron chi connectivity index (χ1n) is 12.6. The van der Waals surface area contributed by atoms with E-state index in [-0.39, 0.29) is 0 Å². The summed E-state index contributed by atoms with van der Waals surface area (Å²) in [7, 11) is 0. The molecule has 0 atom stereocenters. The Balaban J connectivity index is 1.56. The summed E-state index contributed by atoms with van der Waals surface area (Å²) in [5.74, 6) is -14.9. The molecule has 0 amide bonds. The Morgan fingerprint density at radius 3 is 1.84 bits per heavy atom. The largest absolute Gasteiger partial charge is 0.460 e. The number of carbonyl (C=O) groups excluding carboxylic acids is 1. The molecular weight excluding hydrogens is 501 g/mol. The zero-order valence-corrected chi connectivity index (χ0v) is 20.6. The maximum absolute atomic E-state index is 13.5. The number of unbranched alkanes of at least 4 members (excludes halogenated alkanes) is 3. The molecule has 0 aromatic heterocycles. The molecule has 2 nitrogen and oxygen atoms in total. The van der Waals surface area contributed by atoms with Crippen molar-refractivity contribution in [3.8, 4) is 16.9 Å². The van der Waals surface area contributed by atoms with Gasteiger partial charge in [0.15, 0.2) is 0 Å². The van der Waals surface area contributed by atoms with Crippen LogP contribution in [0.2, 0.25) is 0 Å². The molecule has 0 spiro atoms. The predicted octanol–water partition coefficient (Wildman–Crippen LogP) is 9.34. The fourth-order valence-electron chi connectivity index (χ4n) is 4.78. The van der Waals surface area contributed by atoms with Crippen LogP contribution in [0.15, 0.2) is 48.5 Å². The van der Waals surface area contributed by atoms with Crippen molar-refractivity contribution in [3.63, 3.8) is 0 Å². The number of hydrogen-bond acceptors (Lipinski definition) is 2. The zero-order valence-electron chi connectivity index (χ0n) is 20.6. The smallest absolute Gasteiger partial charge is 0.422 e. The highest BCUT2D eigenvalue weighted by Gasteiger charge is 2.77. The number of carbonyl (C=O) groups is 1. The average Bonchev–Trinajstić information content (AvgIpc) is 2.87. The molecule has 1 aliphatic rings. The molecule has 2 aromatic rings. The topological polar surface area (TPSA) is 26.3 Å². The van der Waals surface area contributed by atoms with E-state index in [4.69, 9.17) is 0 Å². The maximum Gasteiger partial charge on any atom is 0.460 e. The molecule has 0 unspecified atom stereocenters. The molecule has 1 fully saturated rings. The molecule has 0 radical (unpaired) electrons. The first-order chi connectivity index (χ1) is 17.4. The highest BCUT2D eigenvalue weighted by molar-refractivity contribution is 5.81. The minimum absolute atomic E-state index is 0.499. The van der Waals surface area contributed by atoms with E-state index in [0.29, 0.717) is 11.5 Å². The lowest BCUT2D eigenvalue weighted by Crippen LogP contribution is -2.57. The van der Waals surface area contributed by atoms with Gasteiger partial charge in [0, 0.05) is 0 Å². The van der Waals surface area contributed by atoms with Crippen LogP contribution in [0.4, 0.5) is 30.7 Å². The lowest BCUT2D eigenvalue weighted by molar-refractivity contribution is -0.346. The van der Waals surface area contributed by atoms with Crippen LogP contribution >= 0.6 is 0 Å². The number of rotatable bonds is 10. The molecule has 1 saturated carbocycles. The first kappa shape index (κ1) is 29.0. The Morgan fingerprint density at radius 1 is 0.784 bits per heavy atom. The fraction of sp³-hybridized carbons (Fsp3) is 0.536. The monoisotopic (exact) mass is 532 g/mol. The summed E-state index contributed by atoms with van der Waals surface area (Å²) in [4.78, 5) is 11.4. The molecule has 2 aromatic carbocycles. The molecule has 3 rings (SSSR count). The standard InChI is InChI=1S/C28H31F7O2/c1-2-3-4-5-6-19-7-9-20(10-8-19)21-11-13-22(14-12-21)23-15-17-24(18-16-23)37-25(36)26(29,30)27(31,32)28(33,34)35/h11-20H,2-10H2,1H3. The third kappa shape index (κ3) is 6.85. The second kappa shape index (κ2) is 11.9. The molecule has 0 aliphatic heterocycles. The second-order valence-electron chi connectivity index (χ2n) is 9.75. The van der Waals surface area contributed by atoms with Crippen LogP contribution in [0.3, 0.4) is 0 Å². The maximum atomic E-state index is 13.5. The van der Waals surface area contributed by atoms with Gasteiger partial charge in [0.1, 0.15) is 5.75 Å². The highest BCUT2D eigenvalue weighted by atomic mass is 19.4. The van der Waals surface area contributed by atoms with Crippen LogP contribution in [0.5, 0.6) is 5.75 Å². The Morgan fingerprint density at radius 2 is 1.32 bits per heavy atom. The van der Waals surface area contributed by atoms with E-state index in [0.717, 1.165) is 36.5 Å². The minimum atomic E-state index is -6.61. The minimum Gasteiger partial charge on any atom is -0.422 e. The molecular formula is C28H31F7O2. The van der Waals surface area contributed by atoms with E-state index in [1.807, 2.05) is 24.3 Å². The van der Waals surface area contributed by atoms with Gasteiger partial charge in [-0.3, -0.25) is 0 Å². The van der Waals surface area contributed by atoms with Crippen molar-refractivity contribution in [2.75, 3.05) is 0 Å². The lowest BCUT2D eigenvalue weighted by Gasteiger charge is -2.29. The number of halogens is 7.